The lowest BCUT2D eigenvalue weighted by atomic mass is 10.1. The standard InChI is InChI=1S/C25H22FN7O2/c1-31-19(14-16-23(31)28-20-7-4-6-12-33(20)25(16)35)24(34)27-18-13-15(9-10-17(18)26)22-30-29-21-8-3-2-5-11-32(21)22/h4,6-7,9-10,12-14H,2-3,5,8,11H2,1H3,(H,27,34). The first-order valence-corrected chi connectivity index (χ1v) is 11.5. The third-order valence-corrected chi connectivity index (χ3v) is 6.52. The van der Waals surface area contributed by atoms with E-state index in [-0.39, 0.29) is 16.9 Å². The third-order valence-electron chi connectivity index (χ3n) is 6.52. The number of benzene rings is 1. The van der Waals surface area contributed by atoms with E-state index in [1.807, 2.05) is 0 Å². The number of rotatable bonds is 3. The smallest absolute Gasteiger partial charge is 0.272 e. The fraction of sp³-hybridized carbons (Fsp3) is 0.240. The van der Waals surface area contributed by atoms with Crippen molar-refractivity contribution in [3.8, 4) is 11.4 Å². The van der Waals surface area contributed by atoms with Crippen molar-refractivity contribution >= 4 is 28.3 Å². The van der Waals surface area contributed by atoms with Gasteiger partial charge in [0.25, 0.3) is 11.5 Å². The number of anilines is 1. The molecule has 0 saturated carbocycles. The van der Waals surface area contributed by atoms with Crippen LogP contribution < -0.4 is 10.9 Å². The average Bonchev–Trinajstić information content (AvgIpc) is 3.32. The van der Waals surface area contributed by atoms with Gasteiger partial charge >= 0.3 is 0 Å². The lowest BCUT2D eigenvalue weighted by Gasteiger charge is -2.11. The lowest BCUT2D eigenvalue weighted by Crippen LogP contribution is -2.17. The summed E-state index contributed by atoms with van der Waals surface area (Å²) in [5.41, 5.74) is 1.47. The first-order chi connectivity index (χ1) is 17.0. The Hall–Kier alpha value is -4.34. The van der Waals surface area contributed by atoms with Gasteiger partial charge in [0.15, 0.2) is 5.82 Å². The second kappa shape index (κ2) is 8.15. The molecule has 0 saturated heterocycles. The van der Waals surface area contributed by atoms with Gasteiger partial charge in [-0.15, -0.1) is 10.2 Å². The quantitative estimate of drug-likeness (QED) is 0.434. The molecular formula is C25H22FN7O2. The summed E-state index contributed by atoms with van der Waals surface area (Å²) >= 11 is 0. The van der Waals surface area contributed by atoms with Crippen molar-refractivity contribution in [1.82, 2.24) is 28.7 Å². The number of hydrogen-bond acceptors (Lipinski definition) is 5. The average molecular weight is 471 g/mol. The summed E-state index contributed by atoms with van der Waals surface area (Å²) < 4.78 is 19.8. The van der Waals surface area contributed by atoms with Crippen LogP contribution in [0.2, 0.25) is 0 Å². The highest BCUT2D eigenvalue weighted by atomic mass is 19.1. The molecule has 0 radical (unpaired) electrons. The van der Waals surface area contributed by atoms with E-state index < -0.39 is 11.7 Å². The Morgan fingerprint density at radius 1 is 1.09 bits per heavy atom. The first-order valence-electron chi connectivity index (χ1n) is 11.5. The fourth-order valence-electron chi connectivity index (χ4n) is 4.68. The third kappa shape index (κ3) is 3.49. The zero-order valence-corrected chi connectivity index (χ0v) is 19.0. The fourth-order valence-corrected chi connectivity index (χ4v) is 4.68. The number of hydrogen-bond donors (Lipinski definition) is 1. The van der Waals surface area contributed by atoms with Crippen LogP contribution in [-0.4, -0.2) is 34.6 Å². The van der Waals surface area contributed by atoms with Crippen molar-refractivity contribution in [3.63, 3.8) is 0 Å². The molecular weight excluding hydrogens is 449 g/mol. The van der Waals surface area contributed by atoms with Crippen LogP contribution in [0.25, 0.3) is 28.1 Å². The van der Waals surface area contributed by atoms with Gasteiger partial charge in [-0.3, -0.25) is 14.0 Å². The molecule has 1 amide bonds. The van der Waals surface area contributed by atoms with Crippen LogP contribution in [0.1, 0.15) is 35.6 Å². The maximum atomic E-state index is 14.7. The molecule has 176 valence electrons. The predicted molar refractivity (Wildman–Crippen MR) is 129 cm³/mol. The van der Waals surface area contributed by atoms with Crippen LogP contribution in [-0.2, 0) is 20.0 Å². The molecule has 10 heteroatoms. The number of nitrogens with one attached hydrogen (secondary N) is 1. The van der Waals surface area contributed by atoms with Gasteiger partial charge in [0.1, 0.15) is 28.6 Å². The van der Waals surface area contributed by atoms with Crippen LogP contribution in [0, 0.1) is 5.82 Å². The highest BCUT2D eigenvalue weighted by Crippen LogP contribution is 2.27. The summed E-state index contributed by atoms with van der Waals surface area (Å²) in [5.74, 6) is 0.468. The van der Waals surface area contributed by atoms with Crippen molar-refractivity contribution in [3.05, 3.63) is 76.4 Å². The Morgan fingerprint density at radius 2 is 1.97 bits per heavy atom. The molecule has 0 fully saturated rings. The molecule has 0 atom stereocenters. The normalized spacial score (nSPS) is 13.7. The maximum absolute atomic E-state index is 14.7. The van der Waals surface area contributed by atoms with E-state index in [4.69, 9.17) is 0 Å². The van der Waals surface area contributed by atoms with Gasteiger partial charge in [0, 0.05) is 31.8 Å². The molecule has 1 aliphatic heterocycles. The van der Waals surface area contributed by atoms with Crippen molar-refractivity contribution in [2.45, 2.75) is 32.2 Å². The molecule has 4 aromatic heterocycles. The van der Waals surface area contributed by atoms with Crippen LogP contribution in [0.15, 0.2) is 53.5 Å². The number of aromatic nitrogens is 6. The second-order valence-corrected chi connectivity index (χ2v) is 8.72. The van der Waals surface area contributed by atoms with E-state index in [1.54, 1.807) is 48.1 Å². The topological polar surface area (TPSA) is 99.1 Å². The van der Waals surface area contributed by atoms with E-state index in [2.05, 4.69) is 25.1 Å². The molecule has 1 aromatic carbocycles. The molecule has 6 rings (SSSR count). The summed E-state index contributed by atoms with van der Waals surface area (Å²) in [7, 11) is 1.65. The summed E-state index contributed by atoms with van der Waals surface area (Å²) in [6, 6.07) is 11.3. The summed E-state index contributed by atoms with van der Waals surface area (Å²) in [5, 5.41) is 11.6. The first kappa shape index (κ1) is 21.2. The van der Waals surface area contributed by atoms with Gasteiger partial charge in [-0.05, 0) is 49.2 Å². The van der Waals surface area contributed by atoms with Crippen LogP contribution in [0.4, 0.5) is 10.1 Å². The molecule has 1 aliphatic rings. The van der Waals surface area contributed by atoms with Crippen molar-refractivity contribution in [2.75, 3.05) is 5.32 Å². The predicted octanol–water partition coefficient (Wildman–Crippen LogP) is 3.56. The van der Waals surface area contributed by atoms with Gasteiger partial charge in [0.2, 0.25) is 0 Å². The number of halogens is 1. The van der Waals surface area contributed by atoms with Crippen molar-refractivity contribution in [2.24, 2.45) is 7.05 Å². The van der Waals surface area contributed by atoms with Crippen molar-refractivity contribution in [1.29, 1.82) is 0 Å². The number of pyridine rings is 1. The van der Waals surface area contributed by atoms with Gasteiger partial charge in [-0.25, -0.2) is 9.37 Å². The Morgan fingerprint density at radius 3 is 2.86 bits per heavy atom. The second-order valence-electron chi connectivity index (χ2n) is 8.72. The SMILES string of the molecule is Cn1c(C(=O)Nc2cc(-c3nnc4n3CCCCC4)ccc2F)cc2c(=O)n3ccccc3nc21. The van der Waals surface area contributed by atoms with Gasteiger partial charge in [-0.2, -0.15) is 0 Å². The molecule has 9 nitrogen and oxygen atoms in total. The van der Waals surface area contributed by atoms with E-state index in [9.17, 15) is 14.0 Å². The Labute approximate surface area is 198 Å². The van der Waals surface area contributed by atoms with E-state index in [1.165, 1.54) is 16.5 Å². The van der Waals surface area contributed by atoms with Crippen molar-refractivity contribution < 1.29 is 9.18 Å². The number of carbonyl (C=O) groups is 1. The highest BCUT2D eigenvalue weighted by Gasteiger charge is 2.21. The zero-order valence-electron chi connectivity index (χ0n) is 19.0. The van der Waals surface area contributed by atoms with E-state index in [0.29, 0.717) is 28.1 Å². The van der Waals surface area contributed by atoms with Gasteiger partial charge < -0.3 is 14.5 Å². The zero-order chi connectivity index (χ0) is 24.1. The Bertz CT molecular complexity index is 1680. The minimum absolute atomic E-state index is 0.0265. The summed E-state index contributed by atoms with van der Waals surface area (Å²) in [6.45, 7) is 0.809. The molecule has 0 spiro atoms. The van der Waals surface area contributed by atoms with Crippen LogP contribution in [0.5, 0.6) is 0 Å². The molecule has 0 bridgehead atoms. The maximum Gasteiger partial charge on any atom is 0.272 e. The number of nitrogens with zero attached hydrogens (tertiary/aromatic N) is 6. The molecule has 0 aliphatic carbocycles. The number of fused-ring (bicyclic) bond motifs is 3. The highest BCUT2D eigenvalue weighted by molar-refractivity contribution is 6.06. The van der Waals surface area contributed by atoms with Crippen LogP contribution in [0.3, 0.4) is 0 Å². The monoisotopic (exact) mass is 471 g/mol. The minimum atomic E-state index is -0.569. The molecule has 1 N–H and O–H groups in total. The molecule has 5 heterocycles. The Balaban J connectivity index is 1.37. The summed E-state index contributed by atoms with van der Waals surface area (Å²) in [6.07, 6.45) is 5.73. The van der Waals surface area contributed by atoms with Gasteiger partial charge in [-0.1, -0.05) is 12.5 Å². The number of carbonyl (C=O) groups excluding carboxylic acids is 1. The number of amides is 1. The minimum Gasteiger partial charge on any atom is -0.324 e. The largest absolute Gasteiger partial charge is 0.324 e. The Kier molecular flexibility index (Phi) is 4.94. The summed E-state index contributed by atoms with van der Waals surface area (Å²) in [4.78, 5) is 30.6. The lowest BCUT2D eigenvalue weighted by molar-refractivity contribution is 0.101. The molecule has 0 unspecified atom stereocenters. The van der Waals surface area contributed by atoms with Crippen LogP contribution >= 0.6 is 0 Å². The molecule has 5 aromatic rings. The number of aryl methyl sites for hydroxylation is 2. The molecule has 35 heavy (non-hydrogen) atoms. The van der Waals surface area contributed by atoms with E-state index >= 15 is 0 Å². The van der Waals surface area contributed by atoms with E-state index in [0.717, 1.165) is 38.1 Å². The van der Waals surface area contributed by atoms with Gasteiger partial charge in [0.05, 0.1) is 11.1 Å².